The molecule has 0 aromatic rings. The van der Waals surface area contributed by atoms with Gasteiger partial charge in [0.25, 0.3) is 0 Å². The van der Waals surface area contributed by atoms with Gasteiger partial charge in [-0.25, -0.2) is 0 Å². The van der Waals surface area contributed by atoms with Gasteiger partial charge in [0.15, 0.2) is 0 Å². The fourth-order valence-electron chi connectivity index (χ4n) is 1.49. The number of aliphatic hydroxyl groups is 3. The molecular formula is C9H18N2O6S. The highest BCUT2D eigenvalue weighted by molar-refractivity contribution is 7.80. The van der Waals surface area contributed by atoms with E-state index in [9.17, 15) is 15.0 Å². The third kappa shape index (κ3) is 3.32. The summed E-state index contributed by atoms with van der Waals surface area (Å²) in [6, 6.07) is -2.07. The molecule has 1 aliphatic rings. The Morgan fingerprint density at radius 3 is 2.56 bits per heavy atom. The van der Waals surface area contributed by atoms with E-state index in [2.05, 4.69) is 12.6 Å². The number of nitrogens with two attached hydrogens (primary N) is 2. The third-order valence-electron chi connectivity index (χ3n) is 2.66. The predicted octanol–water partition coefficient (Wildman–Crippen LogP) is -3.45. The molecule has 0 amide bonds. The Labute approximate surface area is 109 Å². The quantitative estimate of drug-likeness (QED) is 0.230. The molecule has 0 aliphatic carbocycles. The third-order valence-corrected chi connectivity index (χ3v) is 3.05. The molecule has 0 radical (unpaired) electrons. The summed E-state index contributed by atoms with van der Waals surface area (Å²) in [5.41, 5.74) is 11.0. The van der Waals surface area contributed by atoms with Gasteiger partial charge in [-0.3, -0.25) is 4.79 Å². The van der Waals surface area contributed by atoms with Crippen molar-refractivity contribution in [2.24, 2.45) is 11.5 Å². The average molecular weight is 282 g/mol. The maximum atomic E-state index is 11.4. The van der Waals surface area contributed by atoms with E-state index >= 15 is 0 Å². The van der Waals surface area contributed by atoms with Crippen molar-refractivity contribution in [3.05, 3.63) is 0 Å². The minimum Gasteiger partial charge on any atom is -0.433 e. The number of esters is 1. The van der Waals surface area contributed by atoms with Gasteiger partial charge in [-0.1, -0.05) is 0 Å². The lowest BCUT2D eigenvalue weighted by Crippen LogP contribution is -2.63. The molecule has 8 nitrogen and oxygen atoms in total. The van der Waals surface area contributed by atoms with Gasteiger partial charge in [0.2, 0.25) is 6.29 Å². The zero-order valence-corrected chi connectivity index (χ0v) is 10.4. The Kier molecular flexibility index (Phi) is 5.79. The molecule has 6 atom stereocenters. The fourth-order valence-corrected chi connectivity index (χ4v) is 1.63. The molecule has 0 aromatic carbocycles. The second kappa shape index (κ2) is 6.66. The van der Waals surface area contributed by atoms with Crippen LogP contribution in [0.4, 0.5) is 0 Å². The summed E-state index contributed by atoms with van der Waals surface area (Å²) >= 11 is 3.84. The van der Waals surface area contributed by atoms with Gasteiger partial charge in [-0.2, -0.15) is 12.6 Å². The summed E-state index contributed by atoms with van der Waals surface area (Å²) < 4.78 is 9.95. The Morgan fingerprint density at radius 2 is 2.06 bits per heavy atom. The van der Waals surface area contributed by atoms with E-state index in [0.717, 1.165) is 0 Å². The molecule has 1 aliphatic heterocycles. The van der Waals surface area contributed by atoms with Crippen LogP contribution in [0.15, 0.2) is 0 Å². The second-order valence-electron chi connectivity index (χ2n) is 4.01. The average Bonchev–Trinajstić information content (AvgIpc) is 2.38. The van der Waals surface area contributed by atoms with Gasteiger partial charge >= 0.3 is 5.97 Å². The molecule has 0 spiro atoms. The van der Waals surface area contributed by atoms with E-state index in [1.807, 2.05) is 0 Å². The molecule has 1 heterocycles. The minimum atomic E-state index is -1.37. The summed E-state index contributed by atoms with van der Waals surface area (Å²) in [6.45, 7) is -0.544. The number of hydrogen-bond acceptors (Lipinski definition) is 9. The van der Waals surface area contributed by atoms with Crippen molar-refractivity contribution in [1.82, 2.24) is 0 Å². The highest BCUT2D eigenvalue weighted by atomic mass is 32.1. The van der Waals surface area contributed by atoms with Crippen LogP contribution in [0.5, 0.6) is 0 Å². The Bertz CT molecular complexity index is 292. The second-order valence-corrected chi connectivity index (χ2v) is 4.38. The van der Waals surface area contributed by atoms with Crippen molar-refractivity contribution in [2.45, 2.75) is 36.7 Å². The van der Waals surface area contributed by atoms with Gasteiger partial charge in [0, 0.05) is 5.75 Å². The summed E-state index contributed by atoms with van der Waals surface area (Å²) in [6.07, 6.45) is -5.08. The fraction of sp³-hybridized carbons (Fsp3) is 0.889. The standard InChI is InChI=1S/C9H18N2O6S/c10-3(2-18)8(15)17-9-5(11)7(14)6(13)4(1-12)16-9/h3-7,9,12-14,18H,1-2,10-11H2/t3-,4+,5-,6+,7+,9+/m0/s1. The Morgan fingerprint density at radius 1 is 1.44 bits per heavy atom. The number of hydrogen-bond donors (Lipinski definition) is 6. The number of carbonyl (C=O) groups is 1. The molecular weight excluding hydrogens is 264 g/mol. The zero-order chi connectivity index (χ0) is 13.9. The predicted molar refractivity (Wildman–Crippen MR) is 63.7 cm³/mol. The molecule has 7 N–H and O–H groups in total. The maximum Gasteiger partial charge on any atom is 0.326 e. The van der Waals surface area contributed by atoms with Gasteiger partial charge in [-0.15, -0.1) is 0 Å². The lowest BCUT2D eigenvalue weighted by Gasteiger charge is -2.40. The molecule has 0 bridgehead atoms. The molecule has 106 valence electrons. The van der Waals surface area contributed by atoms with Crippen molar-refractivity contribution in [1.29, 1.82) is 0 Å². The van der Waals surface area contributed by atoms with E-state index in [-0.39, 0.29) is 5.75 Å². The molecule has 9 heteroatoms. The summed E-state index contributed by atoms with van der Waals surface area (Å²) in [7, 11) is 0. The summed E-state index contributed by atoms with van der Waals surface area (Å²) in [5.74, 6) is -0.708. The van der Waals surface area contributed by atoms with Gasteiger partial charge < -0.3 is 36.3 Å². The largest absolute Gasteiger partial charge is 0.433 e. The van der Waals surface area contributed by atoms with Crippen LogP contribution in [-0.4, -0.2) is 70.3 Å². The van der Waals surface area contributed by atoms with Gasteiger partial charge in [0.1, 0.15) is 24.4 Å². The van der Waals surface area contributed by atoms with E-state index in [4.69, 9.17) is 26.0 Å². The first-order valence-electron chi connectivity index (χ1n) is 5.37. The molecule has 0 aromatic heterocycles. The normalized spacial score (nSPS) is 38.2. The number of carbonyl (C=O) groups excluding carboxylic acids is 1. The molecule has 1 fully saturated rings. The Hall–Kier alpha value is -0.420. The van der Waals surface area contributed by atoms with E-state index < -0.39 is 49.3 Å². The molecule has 1 rings (SSSR count). The highest BCUT2D eigenvalue weighted by Gasteiger charge is 2.44. The van der Waals surface area contributed by atoms with E-state index in [0.29, 0.717) is 0 Å². The molecule has 0 saturated carbocycles. The highest BCUT2D eigenvalue weighted by Crippen LogP contribution is 2.20. The van der Waals surface area contributed by atoms with Crippen LogP contribution in [0.3, 0.4) is 0 Å². The minimum absolute atomic E-state index is 0.0788. The van der Waals surface area contributed by atoms with Crippen LogP contribution in [0.1, 0.15) is 0 Å². The SMILES string of the molecule is N[C@@H]1[C@@H](OC(=O)[C@@H](N)CS)O[C@H](CO)[C@@H](O)[C@@H]1O. The van der Waals surface area contributed by atoms with Crippen LogP contribution in [0, 0.1) is 0 Å². The first-order valence-corrected chi connectivity index (χ1v) is 6.00. The van der Waals surface area contributed by atoms with Crippen LogP contribution in [0.25, 0.3) is 0 Å². The molecule has 18 heavy (non-hydrogen) atoms. The van der Waals surface area contributed by atoms with Crippen LogP contribution < -0.4 is 11.5 Å². The van der Waals surface area contributed by atoms with E-state index in [1.165, 1.54) is 0 Å². The first kappa shape index (κ1) is 15.6. The number of ether oxygens (including phenoxy) is 2. The number of rotatable bonds is 4. The van der Waals surface area contributed by atoms with Crippen molar-refractivity contribution in [3.8, 4) is 0 Å². The van der Waals surface area contributed by atoms with Gasteiger partial charge in [-0.05, 0) is 0 Å². The van der Waals surface area contributed by atoms with Crippen molar-refractivity contribution < 1.29 is 29.6 Å². The van der Waals surface area contributed by atoms with Gasteiger partial charge in [0.05, 0.1) is 12.6 Å². The van der Waals surface area contributed by atoms with Crippen LogP contribution in [-0.2, 0) is 14.3 Å². The van der Waals surface area contributed by atoms with E-state index in [1.54, 1.807) is 0 Å². The first-order chi connectivity index (χ1) is 8.42. The topological polar surface area (TPSA) is 148 Å². The number of aliphatic hydroxyl groups excluding tert-OH is 3. The van der Waals surface area contributed by atoms with Crippen molar-refractivity contribution >= 4 is 18.6 Å². The summed E-state index contributed by atoms with van der Waals surface area (Å²) in [4.78, 5) is 11.4. The lowest BCUT2D eigenvalue weighted by atomic mass is 9.98. The van der Waals surface area contributed by atoms with Crippen LogP contribution in [0.2, 0.25) is 0 Å². The molecule has 0 unspecified atom stereocenters. The van der Waals surface area contributed by atoms with Crippen LogP contribution >= 0.6 is 12.6 Å². The molecule has 1 saturated heterocycles. The smallest absolute Gasteiger partial charge is 0.326 e. The monoisotopic (exact) mass is 282 g/mol. The number of thiol groups is 1. The maximum absolute atomic E-state index is 11.4. The van der Waals surface area contributed by atoms with Crippen molar-refractivity contribution in [2.75, 3.05) is 12.4 Å². The zero-order valence-electron chi connectivity index (χ0n) is 9.55. The Balaban J connectivity index is 2.67. The lowest BCUT2D eigenvalue weighted by molar-refractivity contribution is -0.259. The summed E-state index contributed by atoms with van der Waals surface area (Å²) in [5, 5.41) is 28.1. The van der Waals surface area contributed by atoms with Crippen molar-refractivity contribution in [3.63, 3.8) is 0 Å².